The summed E-state index contributed by atoms with van der Waals surface area (Å²) >= 11 is 1.49. The molecule has 3 rings (SSSR count). The Hall–Kier alpha value is -2.34. The molecule has 1 amide bonds. The summed E-state index contributed by atoms with van der Waals surface area (Å²) < 4.78 is 11.0. The highest BCUT2D eigenvalue weighted by Gasteiger charge is 2.27. The number of nitrogens with one attached hydrogen (secondary N) is 1. The second-order valence-electron chi connectivity index (χ2n) is 6.81. The summed E-state index contributed by atoms with van der Waals surface area (Å²) in [7, 11) is 0. The Morgan fingerprint density at radius 1 is 1.33 bits per heavy atom. The van der Waals surface area contributed by atoms with Gasteiger partial charge in [-0.2, -0.15) is 0 Å². The Labute approximate surface area is 163 Å². The molecule has 6 heteroatoms. The molecule has 0 unspecified atom stereocenters. The van der Waals surface area contributed by atoms with E-state index in [1.165, 1.54) is 22.3 Å². The minimum atomic E-state index is -0.343. The van der Waals surface area contributed by atoms with Crippen molar-refractivity contribution in [2.45, 2.75) is 59.0 Å². The molecule has 1 aliphatic rings. The van der Waals surface area contributed by atoms with Crippen molar-refractivity contribution in [1.82, 2.24) is 0 Å². The molecule has 27 heavy (non-hydrogen) atoms. The van der Waals surface area contributed by atoms with E-state index in [2.05, 4.69) is 5.32 Å². The second-order valence-corrected chi connectivity index (χ2v) is 7.92. The van der Waals surface area contributed by atoms with Crippen molar-refractivity contribution in [3.8, 4) is 0 Å². The first-order valence-corrected chi connectivity index (χ1v) is 10.2. The van der Waals surface area contributed by atoms with Crippen LogP contribution in [0.2, 0.25) is 0 Å². The number of amides is 1. The SMILES string of the molecule is CC[C@@H](C)OC(=O)c1c(NC(=O)/C=C/c2ccc(C)o2)sc2c1CCCC2. The third-order valence-electron chi connectivity index (χ3n) is 4.66. The fraction of sp³-hybridized carbons (Fsp3) is 0.429. The van der Waals surface area contributed by atoms with E-state index < -0.39 is 0 Å². The zero-order valence-corrected chi connectivity index (χ0v) is 16.8. The van der Waals surface area contributed by atoms with E-state index in [0.29, 0.717) is 16.3 Å². The number of hydrogen-bond donors (Lipinski definition) is 1. The molecule has 0 aromatic carbocycles. The molecule has 0 bridgehead atoms. The van der Waals surface area contributed by atoms with Crippen LogP contribution in [-0.4, -0.2) is 18.0 Å². The summed E-state index contributed by atoms with van der Waals surface area (Å²) in [6, 6.07) is 3.64. The summed E-state index contributed by atoms with van der Waals surface area (Å²) in [4.78, 5) is 26.3. The van der Waals surface area contributed by atoms with E-state index in [1.54, 1.807) is 12.1 Å². The molecule has 0 fully saturated rings. The molecule has 1 atom stereocenters. The van der Waals surface area contributed by atoms with Crippen molar-refractivity contribution in [2.24, 2.45) is 0 Å². The lowest BCUT2D eigenvalue weighted by atomic mass is 9.95. The minimum absolute atomic E-state index is 0.151. The Morgan fingerprint density at radius 2 is 2.11 bits per heavy atom. The van der Waals surface area contributed by atoms with Crippen molar-refractivity contribution in [1.29, 1.82) is 0 Å². The van der Waals surface area contributed by atoms with Crippen molar-refractivity contribution in [3.63, 3.8) is 0 Å². The number of anilines is 1. The molecule has 1 N–H and O–H groups in total. The van der Waals surface area contributed by atoms with E-state index in [1.807, 2.05) is 26.8 Å². The molecule has 5 nitrogen and oxygen atoms in total. The molecule has 0 saturated carbocycles. The van der Waals surface area contributed by atoms with E-state index in [4.69, 9.17) is 9.15 Å². The van der Waals surface area contributed by atoms with Gasteiger partial charge in [0.15, 0.2) is 0 Å². The van der Waals surface area contributed by atoms with Gasteiger partial charge in [-0.05, 0) is 69.7 Å². The number of furan rings is 1. The molecule has 0 spiro atoms. The normalized spacial score (nSPS) is 14.8. The number of hydrogen-bond acceptors (Lipinski definition) is 5. The van der Waals surface area contributed by atoms with Crippen LogP contribution in [0, 0.1) is 6.92 Å². The van der Waals surface area contributed by atoms with Crippen molar-refractivity contribution < 1.29 is 18.7 Å². The average molecular weight is 388 g/mol. The Balaban J connectivity index is 1.81. The highest BCUT2D eigenvalue weighted by molar-refractivity contribution is 7.17. The molecule has 1 aliphatic carbocycles. The monoisotopic (exact) mass is 387 g/mol. The Bertz CT molecular complexity index is 862. The van der Waals surface area contributed by atoms with Crippen molar-refractivity contribution >= 4 is 34.3 Å². The molecular weight excluding hydrogens is 362 g/mol. The van der Waals surface area contributed by atoms with Crippen LogP contribution in [0.25, 0.3) is 6.08 Å². The lowest BCUT2D eigenvalue weighted by Crippen LogP contribution is -2.18. The minimum Gasteiger partial charge on any atom is -0.462 e. The summed E-state index contributed by atoms with van der Waals surface area (Å²) in [6.07, 6.45) is 7.60. The van der Waals surface area contributed by atoms with Gasteiger partial charge in [0, 0.05) is 11.0 Å². The molecule has 2 aromatic heterocycles. The standard InChI is InChI=1S/C21H25NO4S/c1-4-13(2)26-21(24)19-16-7-5-6-8-17(16)27-20(19)22-18(23)12-11-15-10-9-14(3)25-15/h9-13H,4-8H2,1-3H3,(H,22,23)/b12-11+/t13-/m1/s1. The van der Waals surface area contributed by atoms with Crippen LogP contribution < -0.4 is 5.32 Å². The van der Waals surface area contributed by atoms with E-state index in [9.17, 15) is 9.59 Å². The first-order valence-electron chi connectivity index (χ1n) is 9.39. The predicted molar refractivity (Wildman–Crippen MR) is 107 cm³/mol. The lowest BCUT2D eigenvalue weighted by Gasteiger charge is -2.15. The first-order chi connectivity index (χ1) is 13.0. The van der Waals surface area contributed by atoms with Gasteiger partial charge in [0.1, 0.15) is 16.5 Å². The zero-order chi connectivity index (χ0) is 19.4. The molecule has 0 saturated heterocycles. The molecule has 2 heterocycles. The van der Waals surface area contributed by atoms with Crippen LogP contribution in [0.3, 0.4) is 0 Å². The van der Waals surface area contributed by atoms with Crippen LogP contribution in [0.1, 0.15) is 65.4 Å². The maximum atomic E-state index is 12.7. The molecule has 0 aliphatic heterocycles. The third-order valence-corrected chi connectivity index (χ3v) is 5.86. The summed E-state index contributed by atoms with van der Waals surface area (Å²) in [5.74, 6) is 0.769. The van der Waals surface area contributed by atoms with Gasteiger partial charge in [0.05, 0.1) is 11.7 Å². The van der Waals surface area contributed by atoms with Gasteiger partial charge in [-0.25, -0.2) is 4.79 Å². The predicted octanol–water partition coefficient (Wildman–Crippen LogP) is 5.14. The van der Waals surface area contributed by atoms with Gasteiger partial charge < -0.3 is 14.5 Å². The summed E-state index contributed by atoms with van der Waals surface area (Å²) in [6.45, 7) is 5.71. The van der Waals surface area contributed by atoms with Crippen LogP contribution in [0.15, 0.2) is 22.6 Å². The van der Waals surface area contributed by atoms with Crippen LogP contribution >= 0.6 is 11.3 Å². The van der Waals surface area contributed by atoms with E-state index in [-0.39, 0.29) is 18.0 Å². The summed E-state index contributed by atoms with van der Waals surface area (Å²) in [5.41, 5.74) is 1.58. The molecule has 0 radical (unpaired) electrons. The number of thiophene rings is 1. The average Bonchev–Trinajstić information content (AvgIpc) is 3.22. The number of ether oxygens (including phenoxy) is 1. The smallest absolute Gasteiger partial charge is 0.341 e. The van der Waals surface area contributed by atoms with Gasteiger partial charge in [-0.15, -0.1) is 11.3 Å². The number of carbonyl (C=O) groups is 2. The topological polar surface area (TPSA) is 68.5 Å². The maximum Gasteiger partial charge on any atom is 0.341 e. The molecule has 144 valence electrons. The molecular formula is C21H25NO4S. The quantitative estimate of drug-likeness (QED) is 0.551. The van der Waals surface area contributed by atoms with E-state index >= 15 is 0 Å². The van der Waals surface area contributed by atoms with Crippen molar-refractivity contribution in [3.05, 3.63) is 45.7 Å². The lowest BCUT2D eigenvalue weighted by molar-refractivity contribution is -0.111. The van der Waals surface area contributed by atoms with Crippen molar-refractivity contribution in [2.75, 3.05) is 5.32 Å². The Kier molecular flexibility index (Phi) is 6.16. The van der Waals surface area contributed by atoms with Gasteiger partial charge in [-0.1, -0.05) is 6.92 Å². The van der Waals surface area contributed by atoms with Crippen LogP contribution in [-0.2, 0) is 22.4 Å². The first kappa shape index (κ1) is 19.4. The number of esters is 1. The fourth-order valence-corrected chi connectivity index (χ4v) is 4.33. The maximum absolute atomic E-state index is 12.7. The highest BCUT2D eigenvalue weighted by Crippen LogP contribution is 2.38. The van der Waals surface area contributed by atoms with Gasteiger partial charge in [0.2, 0.25) is 5.91 Å². The molecule has 2 aromatic rings. The largest absolute Gasteiger partial charge is 0.462 e. The number of fused-ring (bicyclic) bond motifs is 1. The van der Waals surface area contributed by atoms with Gasteiger partial charge in [-0.3, -0.25) is 4.79 Å². The zero-order valence-electron chi connectivity index (χ0n) is 16.0. The number of rotatable bonds is 6. The van der Waals surface area contributed by atoms with E-state index in [0.717, 1.165) is 43.4 Å². The Morgan fingerprint density at radius 3 is 2.81 bits per heavy atom. The highest BCUT2D eigenvalue weighted by atomic mass is 32.1. The number of carbonyl (C=O) groups excluding carboxylic acids is 2. The summed E-state index contributed by atoms with van der Waals surface area (Å²) in [5, 5.41) is 3.45. The van der Waals surface area contributed by atoms with Gasteiger partial charge in [0.25, 0.3) is 0 Å². The van der Waals surface area contributed by atoms with Crippen LogP contribution in [0.5, 0.6) is 0 Å². The van der Waals surface area contributed by atoms with Gasteiger partial charge >= 0.3 is 5.97 Å². The fourth-order valence-electron chi connectivity index (χ4n) is 3.05. The number of aryl methyl sites for hydroxylation is 2. The van der Waals surface area contributed by atoms with Crippen LogP contribution in [0.4, 0.5) is 5.00 Å². The third kappa shape index (κ3) is 4.69. The second kappa shape index (κ2) is 8.57.